The smallest absolute Gasteiger partial charge is 0.241 e. The second-order valence-corrected chi connectivity index (χ2v) is 4.35. The summed E-state index contributed by atoms with van der Waals surface area (Å²) in [6.45, 7) is 1.52. The number of carbonyl (C=O) groups is 2. The maximum atomic E-state index is 11.9. The van der Waals surface area contributed by atoms with Gasteiger partial charge in [-0.05, 0) is 19.8 Å². The van der Waals surface area contributed by atoms with Crippen LogP contribution in [-0.4, -0.2) is 17.9 Å². The molecular formula is C11H17N3O2. The van der Waals surface area contributed by atoms with E-state index in [-0.39, 0.29) is 5.91 Å². The Bertz CT molecular complexity index is 327. The van der Waals surface area contributed by atoms with Gasteiger partial charge in [-0.15, -0.1) is 0 Å². The molecule has 5 heteroatoms. The fraction of sp³-hybridized carbons (Fsp3) is 0.727. The van der Waals surface area contributed by atoms with Crippen molar-refractivity contribution in [1.29, 1.82) is 5.26 Å². The van der Waals surface area contributed by atoms with E-state index in [1.54, 1.807) is 0 Å². The number of nitrogens with one attached hydrogen (secondary N) is 1. The number of nitrogens with zero attached hydrogens (tertiary/aromatic N) is 1. The molecule has 0 radical (unpaired) electrons. The van der Waals surface area contributed by atoms with Gasteiger partial charge in [0.15, 0.2) is 0 Å². The number of hydrogen-bond donors (Lipinski definition) is 2. The molecule has 0 bridgehead atoms. The number of amides is 2. The van der Waals surface area contributed by atoms with Gasteiger partial charge >= 0.3 is 0 Å². The van der Waals surface area contributed by atoms with Crippen molar-refractivity contribution < 1.29 is 9.59 Å². The first-order valence-electron chi connectivity index (χ1n) is 5.53. The van der Waals surface area contributed by atoms with Gasteiger partial charge in [0.2, 0.25) is 11.8 Å². The summed E-state index contributed by atoms with van der Waals surface area (Å²) in [5.41, 5.74) is 4.11. The van der Waals surface area contributed by atoms with Crippen molar-refractivity contribution in [3.63, 3.8) is 0 Å². The first-order valence-corrected chi connectivity index (χ1v) is 5.53. The molecule has 1 saturated carbocycles. The largest absolute Gasteiger partial charge is 0.368 e. The third kappa shape index (κ3) is 2.51. The van der Waals surface area contributed by atoms with Crippen LogP contribution in [0.3, 0.4) is 0 Å². The van der Waals surface area contributed by atoms with Crippen LogP contribution >= 0.6 is 0 Å². The molecule has 16 heavy (non-hydrogen) atoms. The summed E-state index contributed by atoms with van der Waals surface area (Å²) in [7, 11) is 0. The molecule has 3 N–H and O–H groups in total. The summed E-state index contributed by atoms with van der Waals surface area (Å²) in [6, 6.07) is 1.37. The predicted molar refractivity (Wildman–Crippen MR) is 57.9 cm³/mol. The number of primary amides is 1. The molecule has 0 aliphatic heterocycles. The Hall–Kier alpha value is -1.57. The van der Waals surface area contributed by atoms with Crippen LogP contribution in [0.5, 0.6) is 0 Å². The van der Waals surface area contributed by atoms with Crippen LogP contribution < -0.4 is 11.1 Å². The first kappa shape index (κ1) is 12.5. The first-order chi connectivity index (χ1) is 7.52. The normalized spacial score (nSPS) is 20.5. The van der Waals surface area contributed by atoms with E-state index in [1.807, 2.05) is 0 Å². The lowest BCUT2D eigenvalue weighted by molar-refractivity contribution is -0.133. The van der Waals surface area contributed by atoms with Crippen molar-refractivity contribution in [3.05, 3.63) is 0 Å². The van der Waals surface area contributed by atoms with Gasteiger partial charge in [0, 0.05) is 0 Å². The van der Waals surface area contributed by atoms with Crippen LogP contribution in [0.2, 0.25) is 0 Å². The zero-order valence-corrected chi connectivity index (χ0v) is 9.45. The molecule has 1 fully saturated rings. The van der Waals surface area contributed by atoms with Crippen molar-refractivity contribution in [1.82, 2.24) is 5.32 Å². The lowest BCUT2D eigenvalue weighted by Crippen LogP contribution is -2.49. The van der Waals surface area contributed by atoms with E-state index in [9.17, 15) is 9.59 Å². The van der Waals surface area contributed by atoms with Crippen LogP contribution in [0.25, 0.3) is 0 Å². The van der Waals surface area contributed by atoms with Crippen LogP contribution in [0.15, 0.2) is 0 Å². The fourth-order valence-corrected chi connectivity index (χ4v) is 1.95. The zero-order valence-electron chi connectivity index (χ0n) is 9.45. The molecule has 2 amide bonds. The summed E-state index contributed by atoms with van der Waals surface area (Å²) in [5, 5.41) is 11.6. The molecular weight excluding hydrogens is 206 g/mol. The van der Waals surface area contributed by atoms with Crippen molar-refractivity contribution in [2.45, 2.75) is 45.1 Å². The van der Waals surface area contributed by atoms with Gasteiger partial charge in [0.25, 0.3) is 0 Å². The summed E-state index contributed by atoms with van der Waals surface area (Å²) in [4.78, 5) is 22.8. The Balaban J connectivity index is 2.70. The number of nitrogens with two attached hydrogens (primary N) is 1. The summed E-state index contributed by atoms with van der Waals surface area (Å²) >= 11 is 0. The van der Waals surface area contributed by atoms with Crippen LogP contribution in [0.4, 0.5) is 0 Å². The van der Waals surface area contributed by atoms with Crippen molar-refractivity contribution >= 4 is 11.8 Å². The maximum absolute atomic E-state index is 11.9. The third-order valence-electron chi connectivity index (χ3n) is 3.13. The third-order valence-corrected chi connectivity index (χ3v) is 3.13. The molecule has 0 unspecified atom stereocenters. The van der Waals surface area contributed by atoms with Crippen LogP contribution in [0.1, 0.15) is 39.0 Å². The number of nitriles is 1. The van der Waals surface area contributed by atoms with Gasteiger partial charge < -0.3 is 11.1 Å². The number of hydrogen-bond acceptors (Lipinski definition) is 3. The van der Waals surface area contributed by atoms with Gasteiger partial charge in [-0.25, -0.2) is 0 Å². The quantitative estimate of drug-likeness (QED) is 0.727. The predicted octanol–water partition coefficient (Wildman–Crippen LogP) is 0.450. The summed E-state index contributed by atoms with van der Waals surface area (Å²) < 4.78 is 0. The number of rotatable bonds is 3. The lowest BCUT2D eigenvalue weighted by atomic mass is 9.74. The average molecular weight is 223 g/mol. The Morgan fingerprint density at radius 3 is 2.38 bits per heavy atom. The highest BCUT2D eigenvalue weighted by atomic mass is 16.2. The second-order valence-electron chi connectivity index (χ2n) is 4.35. The van der Waals surface area contributed by atoms with Crippen molar-refractivity contribution in [3.8, 4) is 6.07 Å². The molecule has 0 saturated heterocycles. The van der Waals surface area contributed by atoms with Gasteiger partial charge in [-0.1, -0.05) is 19.3 Å². The van der Waals surface area contributed by atoms with E-state index in [4.69, 9.17) is 11.0 Å². The Morgan fingerprint density at radius 2 is 1.94 bits per heavy atom. The molecule has 0 aromatic carbocycles. The molecule has 0 heterocycles. The highest BCUT2D eigenvalue weighted by molar-refractivity contribution is 5.90. The SMILES string of the molecule is C[C@H](NC(=O)C1(C#N)CCCCC1)C(N)=O. The van der Waals surface area contributed by atoms with Crippen LogP contribution in [0, 0.1) is 16.7 Å². The zero-order chi connectivity index (χ0) is 12.2. The van der Waals surface area contributed by atoms with Gasteiger partial charge in [0.05, 0.1) is 6.07 Å². The molecule has 5 nitrogen and oxygen atoms in total. The number of carbonyl (C=O) groups excluding carboxylic acids is 2. The maximum Gasteiger partial charge on any atom is 0.241 e. The summed E-state index contributed by atoms with van der Waals surface area (Å²) in [5.74, 6) is -0.946. The van der Waals surface area contributed by atoms with E-state index >= 15 is 0 Å². The molecule has 0 aromatic heterocycles. The minimum Gasteiger partial charge on any atom is -0.368 e. The van der Waals surface area contributed by atoms with Crippen molar-refractivity contribution in [2.24, 2.45) is 11.1 Å². The Morgan fingerprint density at radius 1 is 1.38 bits per heavy atom. The molecule has 1 aliphatic rings. The van der Waals surface area contributed by atoms with Crippen molar-refractivity contribution in [2.75, 3.05) is 0 Å². The minimum atomic E-state index is -0.956. The minimum absolute atomic E-state index is 0.360. The Kier molecular flexibility index (Phi) is 3.88. The van der Waals surface area contributed by atoms with E-state index in [0.29, 0.717) is 12.8 Å². The van der Waals surface area contributed by atoms with E-state index in [0.717, 1.165) is 19.3 Å². The van der Waals surface area contributed by atoms with E-state index in [2.05, 4.69) is 11.4 Å². The lowest BCUT2D eigenvalue weighted by Gasteiger charge is -2.30. The molecule has 0 spiro atoms. The molecule has 0 aromatic rings. The summed E-state index contributed by atoms with van der Waals surface area (Å²) in [6.07, 6.45) is 3.96. The average Bonchev–Trinajstić information content (AvgIpc) is 2.29. The molecule has 1 aliphatic carbocycles. The molecule has 1 rings (SSSR count). The monoisotopic (exact) mass is 223 g/mol. The van der Waals surface area contributed by atoms with Crippen LogP contribution in [-0.2, 0) is 9.59 Å². The van der Waals surface area contributed by atoms with E-state index in [1.165, 1.54) is 6.92 Å². The highest BCUT2D eigenvalue weighted by Gasteiger charge is 2.40. The van der Waals surface area contributed by atoms with Gasteiger partial charge in [-0.3, -0.25) is 9.59 Å². The molecule has 1 atom stereocenters. The topological polar surface area (TPSA) is 96.0 Å². The second kappa shape index (κ2) is 4.97. The Labute approximate surface area is 95.0 Å². The highest BCUT2D eigenvalue weighted by Crippen LogP contribution is 2.35. The standard InChI is InChI=1S/C11H17N3O2/c1-8(9(13)15)14-10(16)11(7-12)5-3-2-4-6-11/h8H,2-6H2,1H3,(H2,13,15)(H,14,16)/t8-/m0/s1. The molecule has 88 valence electrons. The van der Waals surface area contributed by atoms with E-state index < -0.39 is 17.4 Å². The fourth-order valence-electron chi connectivity index (χ4n) is 1.95. The van der Waals surface area contributed by atoms with Gasteiger partial charge in [0.1, 0.15) is 11.5 Å². The van der Waals surface area contributed by atoms with Gasteiger partial charge in [-0.2, -0.15) is 5.26 Å².